The number of hydrogen-bond donors (Lipinski definition) is 1. The van der Waals surface area contributed by atoms with Gasteiger partial charge in [0.2, 0.25) is 0 Å². The van der Waals surface area contributed by atoms with Crippen molar-refractivity contribution in [3.63, 3.8) is 0 Å². The van der Waals surface area contributed by atoms with Gasteiger partial charge in [0.15, 0.2) is 0 Å². The zero-order valence-corrected chi connectivity index (χ0v) is 14.8. The van der Waals surface area contributed by atoms with Crippen molar-refractivity contribution < 1.29 is 9.53 Å². The van der Waals surface area contributed by atoms with Gasteiger partial charge in [0.1, 0.15) is 11.3 Å². The van der Waals surface area contributed by atoms with Crippen LogP contribution in [-0.2, 0) is 10.2 Å². The molecule has 4 heteroatoms. The minimum Gasteiger partial charge on any atom is -0.444 e. The fraction of sp³-hybridized carbons (Fsp3) is 0.550. The minimum atomic E-state index is -0.483. The average Bonchev–Trinajstić information content (AvgIpc) is 2.94. The number of carbonyl (C=O) groups is 1. The molecular formula is C20H26N2O2. The van der Waals surface area contributed by atoms with Gasteiger partial charge in [-0.3, -0.25) is 4.90 Å². The fourth-order valence-corrected chi connectivity index (χ4v) is 4.94. The molecule has 1 saturated heterocycles. The number of ether oxygens (including phenoxy) is 1. The van der Waals surface area contributed by atoms with Gasteiger partial charge in [-0.2, -0.15) is 0 Å². The number of nitrogens with one attached hydrogen (secondary N) is 1. The number of para-hydroxylation sites is 1. The van der Waals surface area contributed by atoms with Crippen LogP contribution >= 0.6 is 0 Å². The van der Waals surface area contributed by atoms with Crippen molar-refractivity contribution in [3.05, 3.63) is 42.0 Å². The lowest BCUT2D eigenvalue weighted by Gasteiger charge is -2.49. The van der Waals surface area contributed by atoms with Crippen molar-refractivity contribution in [1.82, 2.24) is 4.90 Å². The molecule has 3 aliphatic rings. The molecule has 1 aromatic rings. The van der Waals surface area contributed by atoms with Crippen molar-refractivity contribution in [2.24, 2.45) is 0 Å². The number of carbonyl (C=O) groups excluding carboxylic acids is 1. The summed E-state index contributed by atoms with van der Waals surface area (Å²) in [4.78, 5) is 14.9. The molecule has 0 radical (unpaired) electrons. The fourth-order valence-electron chi connectivity index (χ4n) is 4.94. The van der Waals surface area contributed by atoms with E-state index in [2.05, 4.69) is 36.2 Å². The van der Waals surface area contributed by atoms with E-state index in [9.17, 15) is 4.79 Å². The molecule has 2 atom stereocenters. The Morgan fingerprint density at radius 3 is 2.79 bits per heavy atom. The van der Waals surface area contributed by atoms with Crippen LogP contribution in [0.2, 0.25) is 0 Å². The summed E-state index contributed by atoms with van der Waals surface area (Å²) in [7, 11) is 0. The number of anilines is 1. The molecule has 1 N–H and O–H groups in total. The zero-order valence-electron chi connectivity index (χ0n) is 14.8. The molecule has 128 valence electrons. The third-order valence-electron chi connectivity index (χ3n) is 5.80. The molecular weight excluding hydrogens is 300 g/mol. The number of amides is 1. The number of likely N-dealkylation sites (tertiary alicyclic amines) is 1. The van der Waals surface area contributed by atoms with Gasteiger partial charge in [0, 0.05) is 17.6 Å². The molecule has 0 aromatic heterocycles. The van der Waals surface area contributed by atoms with E-state index in [1.165, 1.54) is 11.1 Å². The van der Waals surface area contributed by atoms with Crippen molar-refractivity contribution in [3.8, 4) is 0 Å². The molecule has 1 aliphatic carbocycles. The monoisotopic (exact) mass is 326 g/mol. The average molecular weight is 326 g/mol. The van der Waals surface area contributed by atoms with Gasteiger partial charge in [-0.25, -0.2) is 4.79 Å². The van der Waals surface area contributed by atoms with Crippen LogP contribution in [0.25, 0.3) is 0 Å². The standard InChI is InChI=1S/C20H26N2O2/c1-14-9-10-20-19(13-14,15-7-5-6-8-16(15)21-20)11-12-22(20)17(23)24-18(2,3)4/h5-8,21H,1,9-13H2,2-4H3/t19-,20+/m1/s1. The third-order valence-corrected chi connectivity index (χ3v) is 5.80. The predicted octanol–water partition coefficient (Wildman–Crippen LogP) is 4.43. The highest BCUT2D eigenvalue weighted by Gasteiger charge is 2.67. The lowest BCUT2D eigenvalue weighted by atomic mass is 9.63. The number of allylic oxidation sites excluding steroid dienone is 1. The van der Waals surface area contributed by atoms with Gasteiger partial charge in [0.25, 0.3) is 0 Å². The Hall–Kier alpha value is -1.97. The van der Waals surface area contributed by atoms with Crippen LogP contribution < -0.4 is 5.32 Å². The third kappa shape index (κ3) is 1.95. The van der Waals surface area contributed by atoms with Gasteiger partial charge >= 0.3 is 6.09 Å². The summed E-state index contributed by atoms with van der Waals surface area (Å²) in [5.41, 5.74) is 2.84. The molecule has 4 nitrogen and oxygen atoms in total. The highest BCUT2D eigenvalue weighted by Crippen LogP contribution is 2.62. The van der Waals surface area contributed by atoms with E-state index < -0.39 is 5.60 Å². The maximum Gasteiger partial charge on any atom is 0.412 e. The van der Waals surface area contributed by atoms with E-state index in [1.54, 1.807) is 0 Å². The molecule has 0 unspecified atom stereocenters. The topological polar surface area (TPSA) is 41.6 Å². The zero-order chi connectivity index (χ0) is 17.2. The Morgan fingerprint density at radius 1 is 1.29 bits per heavy atom. The number of nitrogens with zero attached hydrogens (tertiary/aromatic N) is 1. The van der Waals surface area contributed by atoms with Gasteiger partial charge in [-0.15, -0.1) is 0 Å². The molecule has 24 heavy (non-hydrogen) atoms. The van der Waals surface area contributed by atoms with E-state index in [0.29, 0.717) is 0 Å². The van der Waals surface area contributed by atoms with Gasteiger partial charge < -0.3 is 10.1 Å². The summed E-state index contributed by atoms with van der Waals surface area (Å²) in [6.45, 7) is 10.8. The number of rotatable bonds is 0. The quantitative estimate of drug-likeness (QED) is 0.717. The van der Waals surface area contributed by atoms with E-state index in [-0.39, 0.29) is 17.2 Å². The summed E-state index contributed by atoms with van der Waals surface area (Å²) < 4.78 is 5.72. The van der Waals surface area contributed by atoms with Crippen LogP contribution in [0.3, 0.4) is 0 Å². The van der Waals surface area contributed by atoms with Crippen LogP contribution in [0, 0.1) is 0 Å². The molecule has 1 saturated carbocycles. The highest BCUT2D eigenvalue weighted by molar-refractivity contribution is 5.76. The second kappa shape index (κ2) is 4.78. The van der Waals surface area contributed by atoms with Crippen LogP contribution in [0.4, 0.5) is 10.5 Å². The van der Waals surface area contributed by atoms with Crippen LogP contribution in [0.5, 0.6) is 0 Å². The van der Waals surface area contributed by atoms with E-state index in [0.717, 1.165) is 37.9 Å². The Labute approximate surface area is 143 Å². The Morgan fingerprint density at radius 2 is 2.04 bits per heavy atom. The van der Waals surface area contributed by atoms with Crippen LogP contribution in [0.15, 0.2) is 36.4 Å². The molecule has 1 aromatic carbocycles. The minimum absolute atomic E-state index is 0.0736. The Kier molecular flexibility index (Phi) is 3.09. The van der Waals surface area contributed by atoms with Gasteiger partial charge in [0.05, 0.1) is 0 Å². The molecule has 2 fully saturated rings. The predicted molar refractivity (Wildman–Crippen MR) is 95.0 cm³/mol. The first-order valence-corrected chi connectivity index (χ1v) is 8.82. The van der Waals surface area contributed by atoms with E-state index in [4.69, 9.17) is 4.74 Å². The normalized spacial score (nSPS) is 31.1. The molecule has 2 heterocycles. The summed E-state index contributed by atoms with van der Waals surface area (Å²) in [6.07, 6.45) is 3.52. The summed E-state index contributed by atoms with van der Waals surface area (Å²) in [6, 6.07) is 8.48. The smallest absolute Gasteiger partial charge is 0.412 e. The van der Waals surface area contributed by atoms with E-state index in [1.807, 2.05) is 25.7 Å². The van der Waals surface area contributed by atoms with Gasteiger partial charge in [-0.05, 0) is 58.1 Å². The maximum absolute atomic E-state index is 12.9. The highest BCUT2D eigenvalue weighted by atomic mass is 16.6. The van der Waals surface area contributed by atoms with Crippen LogP contribution in [-0.4, -0.2) is 28.8 Å². The maximum atomic E-state index is 12.9. The van der Waals surface area contributed by atoms with Crippen LogP contribution in [0.1, 0.15) is 52.0 Å². The number of fused-ring (bicyclic) bond motifs is 1. The lowest BCUT2D eigenvalue weighted by Crippen LogP contribution is -2.61. The summed E-state index contributed by atoms with van der Waals surface area (Å²) in [5, 5.41) is 3.72. The van der Waals surface area contributed by atoms with Crippen molar-refractivity contribution in [2.45, 2.75) is 63.1 Å². The Balaban J connectivity index is 1.79. The molecule has 4 rings (SSSR count). The second-order valence-electron chi connectivity index (χ2n) is 8.42. The molecule has 2 aliphatic heterocycles. The Bertz CT molecular complexity index is 721. The molecule has 1 amide bonds. The summed E-state index contributed by atoms with van der Waals surface area (Å²) in [5.74, 6) is 0. The first kappa shape index (κ1) is 15.6. The second-order valence-corrected chi connectivity index (χ2v) is 8.42. The van der Waals surface area contributed by atoms with Crippen molar-refractivity contribution in [1.29, 1.82) is 0 Å². The van der Waals surface area contributed by atoms with E-state index >= 15 is 0 Å². The number of hydrogen-bond acceptors (Lipinski definition) is 3. The largest absolute Gasteiger partial charge is 0.444 e. The summed E-state index contributed by atoms with van der Waals surface area (Å²) >= 11 is 0. The first-order chi connectivity index (χ1) is 11.3. The molecule has 0 bridgehead atoms. The molecule has 0 spiro atoms. The lowest BCUT2D eigenvalue weighted by molar-refractivity contribution is 0.00175. The number of benzene rings is 1. The SMILES string of the molecule is C=C1CC[C@@]23Nc4ccccc4[C@@]2(CCN3C(=O)OC(C)(C)C)C1. The van der Waals surface area contributed by atoms with Crippen molar-refractivity contribution >= 4 is 11.8 Å². The van der Waals surface area contributed by atoms with Crippen molar-refractivity contribution in [2.75, 3.05) is 11.9 Å². The van der Waals surface area contributed by atoms with Gasteiger partial charge in [-0.1, -0.05) is 30.4 Å². The first-order valence-electron chi connectivity index (χ1n) is 8.82.